The van der Waals surface area contributed by atoms with Crippen molar-refractivity contribution in [3.8, 4) is 0 Å². The lowest BCUT2D eigenvalue weighted by Crippen LogP contribution is -2.16. The zero-order chi connectivity index (χ0) is 9.42. The predicted molar refractivity (Wildman–Crippen MR) is 48.4 cm³/mol. The molecule has 0 bridgehead atoms. The van der Waals surface area contributed by atoms with E-state index in [2.05, 4.69) is 17.3 Å². The molecule has 1 aromatic heterocycles. The fraction of sp³-hybridized carbons (Fsp3) is 0.556. The summed E-state index contributed by atoms with van der Waals surface area (Å²) < 4.78 is 1.92. The molecule has 13 heavy (non-hydrogen) atoms. The first kappa shape index (κ1) is 8.29. The van der Waals surface area contributed by atoms with Crippen LogP contribution in [0.5, 0.6) is 0 Å². The standard InChI is InChI=1S/C9H13N3O/c1-3-4-12-6(2)7-5-10-9(13)8(7)11-12/h3-5H2,1-2H3,(H,10,13). The summed E-state index contributed by atoms with van der Waals surface area (Å²) in [4.78, 5) is 11.2. The van der Waals surface area contributed by atoms with E-state index in [4.69, 9.17) is 0 Å². The zero-order valence-electron chi connectivity index (χ0n) is 7.92. The van der Waals surface area contributed by atoms with Crippen molar-refractivity contribution >= 4 is 5.91 Å². The highest BCUT2D eigenvalue weighted by Gasteiger charge is 2.25. The molecule has 0 unspecified atom stereocenters. The van der Waals surface area contributed by atoms with Crippen LogP contribution < -0.4 is 5.32 Å². The minimum Gasteiger partial charge on any atom is -0.346 e. The summed E-state index contributed by atoms with van der Waals surface area (Å²) in [5, 5.41) is 7.03. The molecule has 0 saturated heterocycles. The fourth-order valence-electron chi connectivity index (χ4n) is 1.66. The first-order valence-corrected chi connectivity index (χ1v) is 4.58. The largest absolute Gasteiger partial charge is 0.346 e. The Kier molecular flexibility index (Phi) is 1.83. The van der Waals surface area contributed by atoms with Crippen molar-refractivity contribution in [1.29, 1.82) is 0 Å². The maximum atomic E-state index is 11.2. The van der Waals surface area contributed by atoms with E-state index in [1.165, 1.54) is 0 Å². The van der Waals surface area contributed by atoms with Gasteiger partial charge in [-0.1, -0.05) is 6.92 Å². The number of hydrogen-bond acceptors (Lipinski definition) is 2. The predicted octanol–water partition coefficient (Wildman–Crippen LogP) is 0.845. The highest BCUT2D eigenvalue weighted by molar-refractivity contribution is 5.96. The van der Waals surface area contributed by atoms with Crippen LogP contribution in [0.25, 0.3) is 0 Å². The molecule has 0 radical (unpaired) electrons. The Morgan fingerprint density at radius 3 is 3.00 bits per heavy atom. The summed E-state index contributed by atoms with van der Waals surface area (Å²) in [6.07, 6.45) is 1.04. The highest BCUT2D eigenvalue weighted by atomic mass is 16.2. The van der Waals surface area contributed by atoms with E-state index in [1.54, 1.807) is 0 Å². The van der Waals surface area contributed by atoms with Gasteiger partial charge in [-0.15, -0.1) is 0 Å². The van der Waals surface area contributed by atoms with Crippen molar-refractivity contribution in [2.75, 3.05) is 0 Å². The minimum absolute atomic E-state index is 0.0343. The third-order valence-corrected chi connectivity index (χ3v) is 2.41. The van der Waals surface area contributed by atoms with Gasteiger partial charge in [0.05, 0.1) is 0 Å². The Morgan fingerprint density at radius 2 is 2.38 bits per heavy atom. The molecular weight excluding hydrogens is 166 g/mol. The van der Waals surface area contributed by atoms with Crippen LogP contribution in [0.4, 0.5) is 0 Å². The number of carbonyl (C=O) groups is 1. The van der Waals surface area contributed by atoms with E-state index in [0.717, 1.165) is 24.2 Å². The molecule has 4 heteroatoms. The van der Waals surface area contributed by atoms with E-state index in [9.17, 15) is 4.79 Å². The second-order valence-electron chi connectivity index (χ2n) is 3.32. The van der Waals surface area contributed by atoms with E-state index < -0.39 is 0 Å². The van der Waals surface area contributed by atoms with E-state index >= 15 is 0 Å². The molecule has 2 heterocycles. The van der Waals surface area contributed by atoms with E-state index in [0.29, 0.717) is 12.2 Å². The van der Waals surface area contributed by atoms with Gasteiger partial charge in [-0.2, -0.15) is 5.10 Å². The highest BCUT2D eigenvalue weighted by Crippen LogP contribution is 2.18. The lowest BCUT2D eigenvalue weighted by molar-refractivity contribution is 0.0959. The van der Waals surface area contributed by atoms with Gasteiger partial charge in [-0.3, -0.25) is 9.48 Å². The van der Waals surface area contributed by atoms with Gasteiger partial charge in [0.15, 0.2) is 5.69 Å². The summed E-state index contributed by atoms with van der Waals surface area (Å²) >= 11 is 0. The molecule has 70 valence electrons. The lowest BCUT2D eigenvalue weighted by Gasteiger charge is -2.02. The molecule has 0 fully saturated rings. The number of fused-ring (bicyclic) bond motifs is 1. The Balaban J connectivity index is 2.43. The van der Waals surface area contributed by atoms with Crippen LogP contribution in [0.2, 0.25) is 0 Å². The number of aromatic nitrogens is 2. The Morgan fingerprint density at radius 1 is 1.62 bits per heavy atom. The maximum absolute atomic E-state index is 11.2. The van der Waals surface area contributed by atoms with Crippen molar-refractivity contribution in [1.82, 2.24) is 15.1 Å². The van der Waals surface area contributed by atoms with Crippen LogP contribution in [-0.4, -0.2) is 15.7 Å². The van der Waals surface area contributed by atoms with Gasteiger partial charge in [0.2, 0.25) is 0 Å². The third kappa shape index (κ3) is 1.13. The first-order chi connectivity index (χ1) is 6.24. The second kappa shape index (κ2) is 2.87. The zero-order valence-corrected chi connectivity index (χ0v) is 7.92. The van der Waals surface area contributed by atoms with Gasteiger partial charge in [0.1, 0.15) is 0 Å². The van der Waals surface area contributed by atoms with Gasteiger partial charge in [0.25, 0.3) is 5.91 Å². The summed E-state index contributed by atoms with van der Waals surface area (Å²) in [6, 6.07) is 0. The smallest absolute Gasteiger partial charge is 0.272 e. The number of nitrogens with zero attached hydrogens (tertiary/aromatic N) is 2. The van der Waals surface area contributed by atoms with Gasteiger partial charge >= 0.3 is 0 Å². The van der Waals surface area contributed by atoms with E-state index in [1.807, 2.05) is 11.6 Å². The first-order valence-electron chi connectivity index (χ1n) is 4.58. The molecule has 4 nitrogen and oxygen atoms in total. The van der Waals surface area contributed by atoms with Gasteiger partial charge in [0, 0.05) is 24.3 Å². The minimum atomic E-state index is -0.0343. The van der Waals surface area contributed by atoms with Crippen molar-refractivity contribution in [2.24, 2.45) is 0 Å². The fourth-order valence-corrected chi connectivity index (χ4v) is 1.66. The van der Waals surface area contributed by atoms with Gasteiger partial charge in [-0.25, -0.2) is 0 Å². The number of rotatable bonds is 2. The summed E-state index contributed by atoms with van der Waals surface area (Å²) in [6.45, 7) is 5.66. The van der Waals surface area contributed by atoms with Crippen molar-refractivity contribution in [3.05, 3.63) is 17.0 Å². The lowest BCUT2D eigenvalue weighted by atomic mass is 10.2. The van der Waals surface area contributed by atoms with Crippen LogP contribution in [0.15, 0.2) is 0 Å². The van der Waals surface area contributed by atoms with Crippen LogP contribution in [-0.2, 0) is 13.1 Å². The second-order valence-corrected chi connectivity index (χ2v) is 3.32. The van der Waals surface area contributed by atoms with Crippen LogP contribution in [0, 0.1) is 6.92 Å². The number of aryl methyl sites for hydroxylation is 1. The number of hydrogen-bond donors (Lipinski definition) is 1. The number of nitrogens with one attached hydrogen (secondary N) is 1. The molecule has 1 aromatic rings. The Bertz CT molecular complexity index is 354. The molecule has 0 aliphatic carbocycles. The van der Waals surface area contributed by atoms with Crippen molar-refractivity contribution < 1.29 is 4.79 Å². The summed E-state index contributed by atoms with van der Waals surface area (Å²) in [5.74, 6) is -0.0343. The molecule has 1 amide bonds. The topological polar surface area (TPSA) is 46.9 Å². The van der Waals surface area contributed by atoms with E-state index in [-0.39, 0.29) is 5.91 Å². The quantitative estimate of drug-likeness (QED) is 0.731. The average Bonchev–Trinajstić information content (AvgIpc) is 2.59. The van der Waals surface area contributed by atoms with Crippen molar-refractivity contribution in [3.63, 3.8) is 0 Å². The maximum Gasteiger partial charge on any atom is 0.272 e. The Labute approximate surface area is 76.9 Å². The molecule has 0 spiro atoms. The van der Waals surface area contributed by atoms with Crippen LogP contribution >= 0.6 is 0 Å². The average molecular weight is 179 g/mol. The molecule has 0 aromatic carbocycles. The van der Waals surface area contributed by atoms with Gasteiger partial charge < -0.3 is 5.32 Å². The molecular formula is C9H13N3O. The monoisotopic (exact) mass is 179 g/mol. The third-order valence-electron chi connectivity index (χ3n) is 2.41. The van der Waals surface area contributed by atoms with Gasteiger partial charge in [-0.05, 0) is 13.3 Å². The summed E-state index contributed by atoms with van der Waals surface area (Å²) in [5.41, 5.74) is 2.81. The van der Waals surface area contributed by atoms with Crippen LogP contribution in [0.1, 0.15) is 35.1 Å². The molecule has 0 saturated carbocycles. The van der Waals surface area contributed by atoms with Crippen molar-refractivity contribution in [2.45, 2.75) is 33.4 Å². The molecule has 1 aliphatic rings. The molecule has 0 atom stereocenters. The van der Waals surface area contributed by atoms with Crippen LogP contribution in [0.3, 0.4) is 0 Å². The number of carbonyl (C=O) groups excluding carboxylic acids is 1. The number of amides is 1. The molecule has 1 aliphatic heterocycles. The SMILES string of the molecule is CCCn1nc2c(c1C)CNC2=O. The molecule has 2 rings (SSSR count). The molecule has 1 N–H and O–H groups in total. The Hall–Kier alpha value is -1.32. The normalized spacial score (nSPS) is 14.5. The summed E-state index contributed by atoms with van der Waals surface area (Å²) in [7, 11) is 0.